The molecule has 0 saturated carbocycles. The summed E-state index contributed by atoms with van der Waals surface area (Å²) < 4.78 is 27.0. The second kappa shape index (κ2) is 6.71. The van der Waals surface area contributed by atoms with Gasteiger partial charge in [-0.15, -0.1) is 0 Å². The van der Waals surface area contributed by atoms with E-state index in [1.54, 1.807) is 13.8 Å². The number of hydrogen-bond acceptors (Lipinski definition) is 5. The predicted octanol–water partition coefficient (Wildman–Crippen LogP) is 2.28. The van der Waals surface area contributed by atoms with Crippen LogP contribution in [-0.4, -0.2) is 30.0 Å². The van der Waals surface area contributed by atoms with Crippen LogP contribution in [0.15, 0.2) is 27.6 Å². The van der Waals surface area contributed by atoms with Gasteiger partial charge in [0.05, 0.1) is 14.3 Å². The minimum Gasteiger partial charge on any atom is -0.481 e. The summed E-state index contributed by atoms with van der Waals surface area (Å²) in [4.78, 5) is 20.5. The van der Waals surface area contributed by atoms with Gasteiger partial charge in [0.25, 0.3) is 5.69 Å². The highest BCUT2D eigenvalue weighted by Gasteiger charge is 2.28. The second-order valence-electron chi connectivity index (χ2n) is 5.25. The zero-order valence-electron chi connectivity index (χ0n) is 11.9. The van der Waals surface area contributed by atoms with Gasteiger partial charge >= 0.3 is 5.97 Å². The summed E-state index contributed by atoms with van der Waals surface area (Å²) in [6, 6.07) is 3.34. The third kappa shape index (κ3) is 5.04. The lowest BCUT2D eigenvalue weighted by Gasteiger charge is -2.25. The molecule has 0 radical (unpaired) electrons. The van der Waals surface area contributed by atoms with Crippen molar-refractivity contribution in [3.05, 3.63) is 32.8 Å². The van der Waals surface area contributed by atoms with Crippen LogP contribution in [0.25, 0.3) is 0 Å². The van der Waals surface area contributed by atoms with Crippen LogP contribution in [0, 0.1) is 10.1 Å². The fourth-order valence-electron chi connectivity index (χ4n) is 1.70. The first-order chi connectivity index (χ1) is 9.94. The van der Waals surface area contributed by atoms with Crippen molar-refractivity contribution in [2.24, 2.45) is 0 Å². The molecule has 0 atom stereocenters. The first-order valence-corrected chi connectivity index (χ1v) is 8.42. The molecule has 0 saturated heterocycles. The van der Waals surface area contributed by atoms with E-state index in [1.807, 2.05) is 0 Å². The molecule has 0 spiro atoms. The molecule has 0 fully saturated rings. The normalized spacial score (nSPS) is 12.1. The summed E-state index contributed by atoms with van der Waals surface area (Å²) in [6.45, 7) is 3.13. The average molecular weight is 395 g/mol. The Balaban J connectivity index is 3.02. The van der Waals surface area contributed by atoms with Crippen molar-refractivity contribution in [3.8, 4) is 0 Å². The third-order valence-electron chi connectivity index (χ3n) is 2.80. The lowest BCUT2D eigenvalue weighted by atomic mass is 10.0. The Labute approximate surface area is 135 Å². The van der Waals surface area contributed by atoms with Gasteiger partial charge in [-0.1, -0.05) is 0 Å². The van der Waals surface area contributed by atoms with Crippen LogP contribution in [0.4, 0.5) is 5.69 Å². The number of hydrogen-bond donors (Lipinski definition) is 2. The highest BCUT2D eigenvalue weighted by Crippen LogP contribution is 2.28. The number of carboxylic acids is 1. The SMILES string of the molecule is CC(C)(CCC(=O)O)NS(=O)(=O)c1ccc([N+](=O)[O-])c(Br)c1. The number of benzene rings is 1. The topological polar surface area (TPSA) is 127 Å². The Morgan fingerprint density at radius 2 is 2.05 bits per heavy atom. The van der Waals surface area contributed by atoms with Crippen LogP contribution in [0.1, 0.15) is 26.7 Å². The van der Waals surface area contributed by atoms with E-state index in [-0.39, 0.29) is 27.9 Å². The zero-order valence-corrected chi connectivity index (χ0v) is 14.3. The Morgan fingerprint density at radius 3 is 2.50 bits per heavy atom. The van der Waals surface area contributed by atoms with Crippen LogP contribution >= 0.6 is 15.9 Å². The van der Waals surface area contributed by atoms with Crippen molar-refractivity contribution in [1.29, 1.82) is 0 Å². The minimum atomic E-state index is -3.93. The molecule has 0 heterocycles. The lowest BCUT2D eigenvalue weighted by molar-refractivity contribution is -0.385. The van der Waals surface area contributed by atoms with E-state index in [4.69, 9.17) is 5.11 Å². The zero-order chi connectivity index (χ0) is 17.1. The Kier molecular flexibility index (Phi) is 5.65. The molecule has 0 aliphatic heterocycles. The first kappa shape index (κ1) is 18.5. The number of sulfonamides is 1. The summed E-state index contributed by atoms with van der Waals surface area (Å²) in [6.07, 6.45) is -0.0742. The van der Waals surface area contributed by atoms with Crippen molar-refractivity contribution in [2.45, 2.75) is 37.1 Å². The first-order valence-electron chi connectivity index (χ1n) is 6.14. The van der Waals surface area contributed by atoms with Crippen LogP contribution in [0.2, 0.25) is 0 Å². The number of nitro benzene ring substituents is 1. The van der Waals surface area contributed by atoms with Gasteiger partial charge in [-0.05, 0) is 48.3 Å². The second-order valence-corrected chi connectivity index (χ2v) is 7.79. The number of rotatable bonds is 7. The molecule has 2 N–H and O–H groups in total. The summed E-state index contributed by atoms with van der Waals surface area (Å²) >= 11 is 2.96. The third-order valence-corrected chi connectivity index (χ3v) is 5.13. The molecule has 1 aromatic rings. The smallest absolute Gasteiger partial charge is 0.303 e. The Hall–Kier alpha value is -1.52. The molecule has 10 heteroatoms. The molecule has 0 aromatic heterocycles. The largest absolute Gasteiger partial charge is 0.481 e. The fraction of sp³-hybridized carbons (Fsp3) is 0.417. The molecule has 0 aliphatic rings. The molecule has 0 amide bonds. The number of aliphatic carboxylic acids is 1. The van der Waals surface area contributed by atoms with Gasteiger partial charge in [0.15, 0.2) is 0 Å². The van der Waals surface area contributed by atoms with Crippen molar-refractivity contribution >= 4 is 37.6 Å². The van der Waals surface area contributed by atoms with Gasteiger partial charge in [-0.25, -0.2) is 13.1 Å². The number of nitrogens with zero attached hydrogens (tertiary/aromatic N) is 1. The van der Waals surface area contributed by atoms with Crippen molar-refractivity contribution in [2.75, 3.05) is 0 Å². The highest BCUT2D eigenvalue weighted by molar-refractivity contribution is 9.10. The van der Waals surface area contributed by atoms with E-state index in [0.29, 0.717) is 0 Å². The number of carboxylic acid groups (broad SMARTS) is 1. The van der Waals surface area contributed by atoms with Gasteiger partial charge in [-0.3, -0.25) is 14.9 Å². The molecule has 1 rings (SSSR count). The number of carbonyl (C=O) groups is 1. The van der Waals surface area contributed by atoms with E-state index in [1.165, 1.54) is 0 Å². The van der Waals surface area contributed by atoms with E-state index in [2.05, 4.69) is 20.7 Å². The quantitative estimate of drug-likeness (QED) is 0.539. The van der Waals surface area contributed by atoms with E-state index >= 15 is 0 Å². The van der Waals surface area contributed by atoms with Crippen molar-refractivity contribution < 1.29 is 23.2 Å². The van der Waals surface area contributed by atoms with Gasteiger partial charge in [0.1, 0.15) is 0 Å². The molecular formula is C12H15BrN2O6S. The Bertz CT molecular complexity index is 702. The molecule has 1 aromatic carbocycles. The van der Waals surface area contributed by atoms with Crippen LogP contribution in [0.3, 0.4) is 0 Å². The predicted molar refractivity (Wildman–Crippen MR) is 82.1 cm³/mol. The summed E-state index contributed by atoms with van der Waals surface area (Å²) in [7, 11) is -3.93. The van der Waals surface area contributed by atoms with Crippen molar-refractivity contribution in [1.82, 2.24) is 4.72 Å². The average Bonchev–Trinajstić information content (AvgIpc) is 2.34. The van der Waals surface area contributed by atoms with Gasteiger partial charge < -0.3 is 5.11 Å². The highest BCUT2D eigenvalue weighted by atomic mass is 79.9. The van der Waals surface area contributed by atoms with Crippen LogP contribution in [-0.2, 0) is 14.8 Å². The van der Waals surface area contributed by atoms with E-state index < -0.39 is 26.5 Å². The lowest BCUT2D eigenvalue weighted by Crippen LogP contribution is -2.43. The maximum atomic E-state index is 12.3. The van der Waals surface area contributed by atoms with Gasteiger partial charge in [-0.2, -0.15) is 0 Å². The summed E-state index contributed by atoms with van der Waals surface area (Å²) in [5, 5.41) is 19.4. The molecule has 22 heavy (non-hydrogen) atoms. The standard InChI is InChI=1S/C12H15BrN2O6S/c1-12(2,6-5-11(16)17)14-22(20,21)8-3-4-10(15(18)19)9(13)7-8/h3-4,7,14H,5-6H2,1-2H3,(H,16,17). The molecule has 0 unspecified atom stereocenters. The maximum Gasteiger partial charge on any atom is 0.303 e. The number of nitrogens with one attached hydrogen (secondary N) is 1. The minimum absolute atomic E-state index is 0.0451. The summed E-state index contributed by atoms with van der Waals surface area (Å²) in [5.41, 5.74) is -1.21. The maximum absolute atomic E-state index is 12.3. The molecule has 8 nitrogen and oxygen atoms in total. The molecule has 0 aliphatic carbocycles. The number of nitro groups is 1. The van der Waals surface area contributed by atoms with Crippen LogP contribution < -0.4 is 4.72 Å². The molecule has 0 bridgehead atoms. The Morgan fingerprint density at radius 1 is 1.45 bits per heavy atom. The van der Waals surface area contributed by atoms with Gasteiger partial charge in [0, 0.05) is 18.0 Å². The van der Waals surface area contributed by atoms with Gasteiger partial charge in [0.2, 0.25) is 10.0 Å². The summed E-state index contributed by atoms with van der Waals surface area (Å²) in [5.74, 6) is -1.02. The molecule has 122 valence electrons. The monoisotopic (exact) mass is 394 g/mol. The van der Waals surface area contributed by atoms with Crippen molar-refractivity contribution in [3.63, 3.8) is 0 Å². The molecular weight excluding hydrogens is 380 g/mol. The van der Waals surface area contributed by atoms with E-state index in [9.17, 15) is 23.3 Å². The van der Waals surface area contributed by atoms with E-state index in [0.717, 1.165) is 18.2 Å². The fourth-order valence-corrected chi connectivity index (χ4v) is 3.84. The van der Waals surface area contributed by atoms with Crippen LogP contribution in [0.5, 0.6) is 0 Å². The number of halogens is 1.